The van der Waals surface area contributed by atoms with Crippen LogP contribution >= 0.6 is 11.8 Å². The third kappa shape index (κ3) is 3.86. The van der Waals surface area contributed by atoms with Gasteiger partial charge in [-0.25, -0.2) is 0 Å². The molecule has 2 atom stereocenters. The Morgan fingerprint density at radius 3 is 2.78 bits per heavy atom. The number of rotatable bonds is 4. The van der Waals surface area contributed by atoms with Crippen molar-refractivity contribution in [2.75, 3.05) is 24.7 Å². The van der Waals surface area contributed by atoms with E-state index in [9.17, 15) is 5.11 Å². The van der Waals surface area contributed by atoms with Crippen molar-refractivity contribution in [2.24, 2.45) is 5.92 Å². The number of thioether (sulfide) groups is 1. The Morgan fingerprint density at radius 1 is 1.39 bits per heavy atom. The van der Waals surface area contributed by atoms with Crippen molar-refractivity contribution in [1.29, 1.82) is 0 Å². The first-order valence-corrected chi connectivity index (χ1v) is 8.40. The van der Waals surface area contributed by atoms with E-state index < -0.39 is 0 Å². The Balaban J connectivity index is 1.85. The molecule has 2 heterocycles. The molecule has 0 amide bonds. The fraction of sp³-hybridized carbons (Fsp3) is 1.00. The van der Waals surface area contributed by atoms with Crippen LogP contribution in [0.1, 0.15) is 39.5 Å². The predicted octanol–water partition coefficient (Wildman–Crippen LogP) is 2.04. The zero-order valence-electron chi connectivity index (χ0n) is 11.7. The van der Waals surface area contributed by atoms with Gasteiger partial charge in [0.05, 0.1) is 11.7 Å². The lowest BCUT2D eigenvalue weighted by Crippen LogP contribution is -2.47. The molecule has 2 rings (SSSR count). The molecule has 3 nitrogen and oxygen atoms in total. The molecule has 2 aliphatic heterocycles. The summed E-state index contributed by atoms with van der Waals surface area (Å²) in [6, 6.07) is 0.444. The summed E-state index contributed by atoms with van der Waals surface area (Å²) in [6.45, 7) is 5.79. The van der Waals surface area contributed by atoms with Gasteiger partial charge in [-0.1, -0.05) is 13.8 Å². The van der Waals surface area contributed by atoms with Crippen LogP contribution < -0.4 is 5.32 Å². The van der Waals surface area contributed by atoms with Gasteiger partial charge in [-0.05, 0) is 43.1 Å². The molecule has 4 heteroatoms. The van der Waals surface area contributed by atoms with Crippen molar-refractivity contribution in [2.45, 2.75) is 57.3 Å². The summed E-state index contributed by atoms with van der Waals surface area (Å²) in [4.78, 5) is 0. The minimum atomic E-state index is -0.220. The van der Waals surface area contributed by atoms with E-state index in [1.807, 2.05) is 11.8 Å². The van der Waals surface area contributed by atoms with E-state index in [0.717, 1.165) is 19.4 Å². The molecule has 0 bridgehead atoms. The minimum absolute atomic E-state index is 0.0903. The summed E-state index contributed by atoms with van der Waals surface area (Å²) in [7, 11) is 0. The summed E-state index contributed by atoms with van der Waals surface area (Å²) in [5.74, 6) is 2.84. The second-order valence-corrected chi connectivity index (χ2v) is 7.25. The van der Waals surface area contributed by atoms with Crippen LogP contribution in [0.3, 0.4) is 0 Å². The maximum atomic E-state index is 10.3. The second-order valence-electron chi connectivity index (χ2n) is 6.03. The number of aliphatic hydroxyl groups is 1. The van der Waals surface area contributed by atoms with Crippen molar-refractivity contribution in [3.63, 3.8) is 0 Å². The van der Waals surface area contributed by atoms with E-state index in [1.165, 1.54) is 24.3 Å². The van der Waals surface area contributed by atoms with Crippen molar-refractivity contribution in [3.05, 3.63) is 0 Å². The normalized spacial score (nSPS) is 29.7. The Kier molecular flexibility index (Phi) is 5.36. The lowest BCUT2D eigenvalue weighted by Gasteiger charge is -2.44. The quantitative estimate of drug-likeness (QED) is 0.822. The number of hydrogen-bond acceptors (Lipinski definition) is 4. The molecule has 18 heavy (non-hydrogen) atoms. The summed E-state index contributed by atoms with van der Waals surface area (Å²) in [5.41, 5.74) is 0.0903. The van der Waals surface area contributed by atoms with Gasteiger partial charge in [0.2, 0.25) is 0 Å². The molecule has 0 aromatic heterocycles. The molecular weight excluding hydrogens is 246 g/mol. The predicted molar refractivity (Wildman–Crippen MR) is 77.1 cm³/mol. The van der Waals surface area contributed by atoms with Crippen LogP contribution in [0.2, 0.25) is 0 Å². The maximum absolute atomic E-state index is 10.3. The van der Waals surface area contributed by atoms with Crippen molar-refractivity contribution < 1.29 is 9.84 Å². The van der Waals surface area contributed by atoms with Crippen molar-refractivity contribution in [3.8, 4) is 0 Å². The van der Waals surface area contributed by atoms with Crippen molar-refractivity contribution >= 4 is 11.8 Å². The molecular formula is C14H27NO2S. The summed E-state index contributed by atoms with van der Waals surface area (Å²) in [5, 5.41) is 13.7. The molecule has 2 N–H and O–H groups in total. The fourth-order valence-electron chi connectivity index (χ4n) is 3.01. The largest absolute Gasteiger partial charge is 0.392 e. The van der Waals surface area contributed by atoms with Gasteiger partial charge < -0.3 is 15.2 Å². The molecule has 2 aliphatic rings. The Hall–Kier alpha value is 0.230. The molecule has 2 fully saturated rings. The third-order valence-corrected chi connectivity index (χ3v) is 5.20. The highest BCUT2D eigenvalue weighted by Crippen LogP contribution is 2.40. The van der Waals surface area contributed by atoms with Crippen LogP contribution in [0.5, 0.6) is 0 Å². The molecule has 2 unspecified atom stereocenters. The summed E-state index contributed by atoms with van der Waals surface area (Å²) in [6.07, 6.45) is 4.17. The lowest BCUT2D eigenvalue weighted by molar-refractivity contribution is -0.120. The fourth-order valence-corrected chi connectivity index (χ4v) is 4.25. The van der Waals surface area contributed by atoms with Gasteiger partial charge >= 0.3 is 0 Å². The van der Waals surface area contributed by atoms with Gasteiger partial charge in [0.15, 0.2) is 0 Å². The highest BCUT2D eigenvalue weighted by atomic mass is 32.2. The first kappa shape index (κ1) is 14.6. The average molecular weight is 273 g/mol. The van der Waals surface area contributed by atoms with Gasteiger partial charge in [0, 0.05) is 19.2 Å². The molecule has 0 aromatic rings. The standard InChI is InChI=1S/C14H27NO2S/c1-11(2)15-10-13(16)12-3-6-17-14(9-12)4-7-18-8-5-14/h11-13,15-16H,3-10H2,1-2H3. The third-order valence-electron chi connectivity index (χ3n) is 4.21. The number of nitrogens with one attached hydrogen (secondary N) is 1. The zero-order valence-corrected chi connectivity index (χ0v) is 12.5. The smallest absolute Gasteiger partial charge is 0.0701 e. The molecule has 0 saturated carbocycles. The number of ether oxygens (including phenoxy) is 1. The SMILES string of the molecule is CC(C)NCC(O)C1CCOC2(CCSCC2)C1. The highest BCUT2D eigenvalue weighted by molar-refractivity contribution is 7.99. The molecule has 2 saturated heterocycles. The molecule has 0 aromatic carbocycles. The van der Waals surface area contributed by atoms with Crippen molar-refractivity contribution in [1.82, 2.24) is 5.32 Å². The van der Waals surface area contributed by atoms with E-state index in [1.54, 1.807) is 0 Å². The van der Waals surface area contributed by atoms with E-state index in [4.69, 9.17) is 4.74 Å². The van der Waals surface area contributed by atoms with Crippen LogP contribution in [-0.2, 0) is 4.74 Å². The van der Waals surface area contributed by atoms with E-state index in [0.29, 0.717) is 18.5 Å². The Labute approximate surface area is 115 Å². The Morgan fingerprint density at radius 2 is 2.11 bits per heavy atom. The molecule has 0 radical (unpaired) electrons. The molecule has 0 aliphatic carbocycles. The van der Waals surface area contributed by atoms with Gasteiger partial charge in [0.1, 0.15) is 0 Å². The Bertz CT molecular complexity index is 249. The van der Waals surface area contributed by atoms with Crippen LogP contribution in [0.25, 0.3) is 0 Å². The van der Waals surface area contributed by atoms with Gasteiger partial charge in [0.25, 0.3) is 0 Å². The van der Waals surface area contributed by atoms with Crippen LogP contribution in [0.4, 0.5) is 0 Å². The first-order chi connectivity index (χ1) is 8.61. The number of hydrogen-bond donors (Lipinski definition) is 2. The van der Waals surface area contributed by atoms with Crippen LogP contribution in [0.15, 0.2) is 0 Å². The molecule has 106 valence electrons. The first-order valence-electron chi connectivity index (χ1n) is 7.24. The van der Waals surface area contributed by atoms with E-state index in [2.05, 4.69) is 19.2 Å². The average Bonchev–Trinajstić information content (AvgIpc) is 2.37. The zero-order chi connectivity index (χ0) is 13.0. The molecule has 1 spiro atoms. The topological polar surface area (TPSA) is 41.5 Å². The second kappa shape index (κ2) is 6.60. The van der Waals surface area contributed by atoms with Gasteiger partial charge in [-0.3, -0.25) is 0 Å². The van der Waals surface area contributed by atoms with Crippen LogP contribution in [-0.4, -0.2) is 47.5 Å². The lowest BCUT2D eigenvalue weighted by atomic mass is 9.79. The summed E-state index contributed by atoms with van der Waals surface area (Å²) < 4.78 is 6.07. The number of aliphatic hydroxyl groups excluding tert-OH is 1. The highest BCUT2D eigenvalue weighted by Gasteiger charge is 2.40. The van der Waals surface area contributed by atoms with Gasteiger partial charge in [-0.2, -0.15) is 11.8 Å². The van der Waals surface area contributed by atoms with Crippen LogP contribution in [0, 0.1) is 5.92 Å². The monoisotopic (exact) mass is 273 g/mol. The maximum Gasteiger partial charge on any atom is 0.0701 e. The van der Waals surface area contributed by atoms with E-state index >= 15 is 0 Å². The summed E-state index contributed by atoms with van der Waals surface area (Å²) >= 11 is 2.03. The van der Waals surface area contributed by atoms with Gasteiger partial charge in [-0.15, -0.1) is 0 Å². The minimum Gasteiger partial charge on any atom is -0.392 e. The van der Waals surface area contributed by atoms with E-state index in [-0.39, 0.29) is 11.7 Å².